The molecule has 2 N–H and O–H groups in total. The maximum atomic E-state index is 11.6. The molecule has 24 heavy (non-hydrogen) atoms. The fourth-order valence-corrected chi connectivity index (χ4v) is 1.65. The van der Waals surface area contributed by atoms with E-state index in [2.05, 4.69) is 30.8 Å². The minimum Gasteiger partial charge on any atom is -0.353 e. The minimum absolute atomic E-state index is 0.0114. The van der Waals surface area contributed by atoms with E-state index in [0.29, 0.717) is 0 Å². The first-order valence-electron chi connectivity index (χ1n) is 6.73. The highest BCUT2D eigenvalue weighted by Gasteiger charge is 2.07. The summed E-state index contributed by atoms with van der Waals surface area (Å²) in [6, 6.07) is 3.52. The predicted octanol–water partition coefficient (Wildman–Crippen LogP) is -2.45. The summed E-state index contributed by atoms with van der Waals surface area (Å²) in [5.74, 6) is -0.674. The molecular weight excluding hydrogens is 316 g/mol. The van der Waals surface area contributed by atoms with Crippen molar-refractivity contribution in [1.82, 2.24) is 40.2 Å². The molecule has 0 aromatic carbocycles. The van der Waals surface area contributed by atoms with E-state index in [-0.39, 0.29) is 49.6 Å². The number of rotatable bonds is 7. The van der Waals surface area contributed by atoms with Gasteiger partial charge in [-0.3, -0.25) is 9.59 Å². The van der Waals surface area contributed by atoms with Gasteiger partial charge in [-0.05, 0) is 0 Å². The maximum Gasteiger partial charge on any atom is 0.252 e. The minimum atomic E-state index is -0.325. The molecule has 0 saturated carbocycles. The summed E-state index contributed by atoms with van der Waals surface area (Å²) in [5, 5.41) is 29.8. The number of nitrogens with one attached hydrogen (secondary N) is 2. The summed E-state index contributed by atoms with van der Waals surface area (Å²) >= 11 is 0. The van der Waals surface area contributed by atoms with Crippen molar-refractivity contribution in [1.29, 1.82) is 10.5 Å². The van der Waals surface area contributed by atoms with E-state index in [9.17, 15) is 9.59 Å². The molecule has 2 aromatic rings. The van der Waals surface area contributed by atoms with Gasteiger partial charge in [0.05, 0.1) is 0 Å². The van der Waals surface area contributed by atoms with E-state index in [4.69, 9.17) is 10.5 Å². The highest BCUT2D eigenvalue weighted by molar-refractivity contribution is 5.76. The second-order valence-corrected chi connectivity index (χ2v) is 4.46. The quantitative estimate of drug-likeness (QED) is 0.528. The Morgan fingerprint density at radius 3 is 1.67 bits per heavy atom. The molecule has 2 aromatic heterocycles. The molecule has 0 bridgehead atoms. The lowest BCUT2D eigenvalue weighted by Crippen LogP contribution is -2.37. The van der Waals surface area contributed by atoms with Crippen molar-refractivity contribution in [2.45, 2.75) is 13.1 Å². The lowest BCUT2D eigenvalue weighted by molar-refractivity contribution is -0.123. The molecule has 12 heteroatoms. The summed E-state index contributed by atoms with van der Waals surface area (Å²) < 4.78 is 2.48. The van der Waals surface area contributed by atoms with Gasteiger partial charge in [0.1, 0.15) is 37.9 Å². The Morgan fingerprint density at radius 2 is 1.33 bits per heavy atom. The average molecular weight is 328 g/mol. The Labute approximate surface area is 135 Å². The van der Waals surface area contributed by atoms with Gasteiger partial charge in [0.2, 0.25) is 11.8 Å². The van der Waals surface area contributed by atoms with Gasteiger partial charge in [0.25, 0.3) is 11.6 Å². The van der Waals surface area contributed by atoms with Crippen LogP contribution < -0.4 is 10.6 Å². The third kappa shape index (κ3) is 4.88. The molecule has 0 unspecified atom stereocenters. The fourth-order valence-electron chi connectivity index (χ4n) is 1.65. The van der Waals surface area contributed by atoms with Crippen LogP contribution in [0.5, 0.6) is 0 Å². The van der Waals surface area contributed by atoms with Gasteiger partial charge in [-0.25, -0.2) is 19.3 Å². The van der Waals surface area contributed by atoms with Crippen LogP contribution in [0.3, 0.4) is 0 Å². The third-order valence-electron chi connectivity index (χ3n) is 2.65. The molecular formula is C12H12N10O2. The molecule has 0 atom stereocenters. The number of carbonyl (C=O) groups is 2. The lowest BCUT2D eigenvalue weighted by atomic mass is 10.5. The van der Waals surface area contributed by atoms with E-state index in [1.807, 2.05) is 0 Å². The van der Waals surface area contributed by atoms with Crippen molar-refractivity contribution in [2.75, 3.05) is 13.1 Å². The summed E-state index contributed by atoms with van der Waals surface area (Å²) in [6.07, 6.45) is 2.57. The zero-order valence-corrected chi connectivity index (χ0v) is 12.4. The number of hydrogen-bond donors (Lipinski definition) is 2. The van der Waals surface area contributed by atoms with Gasteiger partial charge in [-0.15, -0.1) is 10.2 Å². The van der Waals surface area contributed by atoms with Gasteiger partial charge in [0.15, 0.2) is 0 Å². The van der Waals surface area contributed by atoms with Crippen LogP contribution in [-0.2, 0) is 22.7 Å². The van der Waals surface area contributed by atoms with Crippen molar-refractivity contribution in [3.05, 3.63) is 24.3 Å². The van der Waals surface area contributed by atoms with E-state index < -0.39 is 0 Å². The largest absolute Gasteiger partial charge is 0.353 e. The van der Waals surface area contributed by atoms with Gasteiger partial charge in [0, 0.05) is 13.1 Å². The maximum absolute atomic E-state index is 11.6. The first-order chi connectivity index (χ1) is 11.6. The zero-order valence-electron chi connectivity index (χ0n) is 12.4. The van der Waals surface area contributed by atoms with Crippen molar-refractivity contribution in [3.8, 4) is 12.1 Å². The topological polar surface area (TPSA) is 167 Å². The Morgan fingerprint density at radius 1 is 0.917 bits per heavy atom. The molecule has 2 rings (SSSR count). The molecule has 0 aliphatic heterocycles. The number of nitriles is 2. The van der Waals surface area contributed by atoms with Crippen molar-refractivity contribution < 1.29 is 9.59 Å². The van der Waals surface area contributed by atoms with Crippen molar-refractivity contribution in [2.24, 2.45) is 0 Å². The number of hydrogen-bond acceptors (Lipinski definition) is 8. The van der Waals surface area contributed by atoms with Crippen LogP contribution in [0.2, 0.25) is 0 Å². The summed E-state index contributed by atoms with van der Waals surface area (Å²) in [4.78, 5) is 30.6. The monoisotopic (exact) mass is 328 g/mol. The zero-order chi connectivity index (χ0) is 17.4. The van der Waals surface area contributed by atoms with Gasteiger partial charge in [-0.1, -0.05) is 0 Å². The Bertz CT molecular complexity index is 740. The van der Waals surface area contributed by atoms with Crippen LogP contribution in [-0.4, -0.2) is 54.4 Å². The Balaban J connectivity index is 1.63. The van der Waals surface area contributed by atoms with Crippen LogP contribution in [0.25, 0.3) is 0 Å². The molecule has 0 radical (unpaired) electrons. The highest BCUT2D eigenvalue weighted by atomic mass is 16.2. The average Bonchev–Trinajstić information content (AvgIpc) is 3.20. The summed E-state index contributed by atoms with van der Waals surface area (Å²) in [7, 11) is 0. The third-order valence-corrected chi connectivity index (χ3v) is 2.65. The molecule has 0 aliphatic carbocycles. The molecule has 0 aliphatic rings. The number of carbonyl (C=O) groups excluding carboxylic acids is 2. The van der Waals surface area contributed by atoms with Gasteiger partial charge >= 0.3 is 0 Å². The molecule has 2 amide bonds. The van der Waals surface area contributed by atoms with Gasteiger partial charge in [-0.2, -0.15) is 10.5 Å². The molecule has 0 saturated heterocycles. The van der Waals surface area contributed by atoms with Gasteiger partial charge < -0.3 is 10.6 Å². The molecule has 12 nitrogen and oxygen atoms in total. The smallest absolute Gasteiger partial charge is 0.252 e. The standard InChI is InChI=1S/C12H12N10O2/c13-3-9-17-7-21(19-9)5-11(23)15-1-2-16-12(24)6-22-8-18-10(4-14)20-22/h7-8H,1-2,5-6H2,(H,15,23)(H,16,24). The number of amides is 2. The second kappa shape index (κ2) is 8.00. The fraction of sp³-hybridized carbons (Fsp3) is 0.333. The number of nitrogens with zero attached hydrogens (tertiary/aromatic N) is 8. The van der Waals surface area contributed by atoms with E-state index in [0.717, 1.165) is 0 Å². The van der Waals surface area contributed by atoms with Crippen LogP contribution in [0, 0.1) is 22.7 Å². The summed E-state index contributed by atoms with van der Waals surface area (Å²) in [6.45, 7) is 0.313. The predicted molar refractivity (Wildman–Crippen MR) is 75.5 cm³/mol. The van der Waals surface area contributed by atoms with Crippen LogP contribution >= 0.6 is 0 Å². The normalized spacial score (nSPS) is 9.75. The van der Waals surface area contributed by atoms with E-state index >= 15 is 0 Å². The van der Waals surface area contributed by atoms with Crippen molar-refractivity contribution >= 4 is 11.8 Å². The lowest BCUT2D eigenvalue weighted by Gasteiger charge is -2.07. The van der Waals surface area contributed by atoms with Crippen LogP contribution in [0.1, 0.15) is 11.6 Å². The SMILES string of the molecule is N#Cc1ncn(CC(=O)NCCNC(=O)Cn2cnc(C#N)n2)n1. The second-order valence-electron chi connectivity index (χ2n) is 4.46. The number of aromatic nitrogens is 6. The van der Waals surface area contributed by atoms with Crippen LogP contribution in [0.15, 0.2) is 12.7 Å². The van der Waals surface area contributed by atoms with E-state index in [1.165, 1.54) is 22.0 Å². The Kier molecular flexibility index (Phi) is 5.52. The van der Waals surface area contributed by atoms with Crippen molar-refractivity contribution in [3.63, 3.8) is 0 Å². The molecule has 2 heterocycles. The molecule has 0 fully saturated rings. The summed E-state index contributed by atoms with van der Waals surface area (Å²) in [5.41, 5.74) is 0. The first kappa shape index (κ1) is 16.6. The Hall–Kier alpha value is -3.80. The highest BCUT2D eigenvalue weighted by Crippen LogP contribution is 1.88. The van der Waals surface area contributed by atoms with Crippen LogP contribution in [0.4, 0.5) is 0 Å². The molecule has 0 spiro atoms. The molecule has 122 valence electrons. The first-order valence-corrected chi connectivity index (χ1v) is 6.73. The van der Waals surface area contributed by atoms with E-state index in [1.54, 1.807) is 12.1 Å².